The van der Waals surface area contributed by atoms with Crippen molar-refractivity contribution in [2.75, 3.05) is 5.43 Å². The number of aromatic nitrogens is 1. The largest absolute Gasteiger partial charge is 0.253 e. The summed E-state index contributed by atoms with van der Waals surface area (Å²) in [5, 5.41) is 7.22. The summed E-state index contributed by atoms with van der Waals surface area (Å²) in [5.41, 5.74) is 4.54. The first-order valence-corrected chi connectivity index (χ1v) is 10.0. The summed E-state index contributed by atoms with van der Waals surface area (Å²) in [6, 6.07) is 12.6. The van der Waals surface area contributed by atoms with E-state index in [4.69, 9.17) is 11.6 Å². The van der Waals surface area contributed by atoms with Gasteiger partial charge in [0.1, 0.15) is 0 Å². The lowest BCUT2D eigenvalue weighted by Crippen LogP contribution is -2.02. The Kier molecular flexibility index (Phi) is 5.17. The van der Waals surface area contributed by atoms with Gasteiger partial charge in [-0.2, -0.15) is 5.10 Å². The van der Waals surface area contributed by atoms with Gasteiger partial charge >= 0.3 is 0 Å². The average Bonchev–Trinajstić information content (AvgIpc) is 3.01. The van der Waals surface area contributed by atoms with Crippen LogP contribution in [0.3, 0.4) is 0 Å². The number of hydrazone groups is 1. The minimum Gasteiger partial charge on any atom is -0.253 e. The molecule has 0 aliphatic carbocycles. The normalized spacial score (nSPS) is 11.8. The Morgan fingerprint density at radius 2 is 1.68 bits per heavy atom. The molecule has 1 heterocycles. The van der Waals surface area contributed by atoms with Gasteiger partial charge in [0.05, 0.1) is 21.7 Å². The number of rotatable bonds is 5. The number of halogens is 1. The van der Waals surface area contributed by atoms with Crippen LogP contribution in [-0.2, 0) is 9.84 Å². The fourth-order valence-electron chi connectivity index (χ4n) is 2.05. The summed E-state index contributed by atoms with van der Waals surface area (Å²) in [7, 11) is -3.56. The van der Waals surface area contributed by atoms with Crippen LogP contribution in [0.25, 0.3) is 0 Å². The van der Waals surface area contributed by atoms with Crippen molar-refractivity contribution in [3.05, 3.63) is 70.2 Å². The molecule has 0 spiro atoms. The van der Waals surface area contributed by atoms with E-state index in [1.807, 2.05) is 12.3 Å². The molecule has 25 heavy (non-hydrogen) atoms. The van der Waals surface area contributed by atoms with E-state index < -0.39 is 9.84 Å². The zero-order valence-corrected chi connectivity index (χ0v) is 15.6. The summed E-state index contributed by atoms with van der Waals surface area (Å²) in [5.74, 6) is 0. The van der Waals surface area contributed by atoms with E-state index in [9.17, 15) is 8.42 Å². The third-order valence-corrected chi connectivity index (χ3v) is 6.21. The smallest absolute Gasteiger partial charge is 0.206 e. The van der Waals surface area contributed by atoms with Crippen molar-refractivity contribution in [2.24, 2.45) is 5.10 Å². The lowest BCUT2D eigenvalue weighted by atomic mass is 10.2. The maximum Gasteiger partial charge on any atom is 0.206 e. The second-order valence-corrected chi connectivity index (χ2v) is 8.43. The number of hydrogen-bond donors (Lipinski definition) is 1. The van der Waals surface area contributed by atoms with Crippen molar-refractivity contribution >= 4 is 44.1 Å². The molecule has 0 bridgehead atoms. The first-order valence-electron chi connectivity index (χ1n) is 7.27. The SMILES string of the molecule is Cc1csc(NN=Cc2ccc(S(=O)(=O)c3ccc(Cl)cc3)cc2)n1. The Morgan fingerprint density at radius 1 is 1.08 bits per heavy atom. The molecule has 3 aromatic rings. The number of benzene rings is 2. The van der Waals surface area contributed by atoms with Gasteiger partial charge in [0.25, 0.3) is 0 Å². The molecule has 0 radical (unpaired) electrons. The Labute approximate surface area is 154 Å². The zero-order valence-electron chi connectivity index (χ0n) is 13.2. The molecule has 0 aliphatic rings. The van der Waals surface area contributed by atoms with Crippen LogP contribution in [0, 0.1) is 6.92 Å². The molecular formula is C17H14ClN3O2S2. The quantitative estimate of drug-likeness (QED) is 0.517. The molecule has 1 aromatic heterocycles. The van der Waals surface area contributed by atoms with Gasteiger partial charge in [-0.1, -0.05) is 23.7 Å². The molecule has 128 valence electrons. The summed E-state index contributed by atoms with van der Waals surface area (Å²) >= 11 is 7.27. The monoisotopic (exact) mass is 391 g/mol. The van der Waals surface area contributed by atoms with Crippen molar-refractivity contribution in [2.45, 2.75) is 16.7 Å². The maximum absolute atomic E-state index is 12.6. The van der Waals surface area contributed by atoms with E-state index in [0.29, 0.717) is 10.2 Å². The molecule has 0 fully saturated rings. The Morgan fingerprint density at radius 3 is 2.24 bits per heavy atom. The number of aryl methyl sites for hydroxylation is 1. The molecule has 2 aromatic carbocycles. The molecule has 1 N–H and O–H groups in total. The molecule has 0 saturated heterocycles. The van der Waals surface area contributed by atoms with E-state index in [-0.39, 0.29) is 9.79 Å². The maximum atomic E-state index is 12.6. The number of nitrogens with one attached hydrogen (secondary N) is 1. The highest BCUT2D eigenvalue weighted by molar-refractivity contribution is 7.91. The van der Waals surface area contributed by atoms with E-state index in [1.165, 1.54) is 23.5 Å². The van der Waals surface area contributed by atoms with Gasteiger partial charge in [-0.15, -0.1) is 11.3 Å². The molecule has 0 atom stereocenters. The predicted molar refractivity (Wildman–Crippen MR) is 101 cm³/mol. The van der Waals surface area contributed by atoms with Crippen molar-refractivity contribution in [3.63, 3.8) is 0 Å². The number of nitrogens with zero attached hydrogens (tertiary/aromatic N) is 2. The molecule has 0 saturated carbocycles. The Hall–Kier alpha value is -2.22. The Bertz CT molecular complexity index is 995. The molecule has 8 heteroatoms. The first kappa shape index (κ1) is 17.6. The third kappa shape index (κ3) is 4.25. The van der Waals surface area contributed by atoms with E-state index >= 15 is 0 Å². The van der Waals surface area contributed by atoms with Gasteiger partial charge in [-0.05, 0) is 48.9 Å². The van der Waals surface area contributed by atoms with Crippen LogP contribution >= 0.6 is 22.9 Å². The van der Waals surface area contributed by atoms with E-state index in [2.05, 4.69) is 15.5 Å². The molecular weight excluding hydrogens is 378 g/mol. The topological polar surface area (TPSA) is 71.4 Å². The average molecular weight is 392 g/mol. The fourth-order valence-corrected chi connectivity index (χ4v) is 4.07. The van der Waals surface area contributed by atoms with Crippen molar-refractivity contribution in [1.82, 2.24) is 4.98 Å². The second kappa shape index (κ2) is 7.35. The Balaban J connectivity index is 1.74. The zero-order chi connectivity index (χ0) is 17.9. The standard InChI is InChI=1S/C17H14ClN3O2S2/c1-12-11-24-17(20-12)21-19-10-13-2-6-15(7-3-13)25(22,23)16-8-4-14(18)5-9-16/h2-11H,1H3,(H,20,21). The summed E-state index contributed by atoms with van der Waals surface area (Å²) in [4.78, 5) is 4.66. The van der Waals surface area contributed by atoms with E-state index in [0.717, 1.165) is 11.3 Å². The van der Waals surface area contributed by atoms with Gasteiger partial charge in [-0.3, -0.25) is 5.43 Å². The highest BCUT2D eigenvalue weighted by Gasteiger charge is 2.17. The van der Waals surface area contributed by atoms with Crippen LogP contribution in [0.2, 0.25) is 5.02 Å². The van der Waals surface area contributed by atoms with Crippen LogP contribution in [0.4, 0.5) is 5.13 Å². The van der Waals surface area contributed by atoms with Gasteiger partial charge in [0.2, 0.25) is 15.0 Å². The number of sulfone groups is 1. The predicted octanol–water partition coefficient (Wildman–Crippen LogP) is 4.38. The number of thiazole rings is 1. The molecule has 0 unspecified atom stereocenters. The highest BCUT2D eigenvalue weighted by atomic mass is 35.5. The lowest BCUT2D eigenvalue weighted by Gasteiger charge is -2.05. The second-order valence-electron chi connectivity index (χ2n) is 5.19. The summed E-state index contributed by atoms with van der Waals surface area (Å²) in [6.07, 6.45) is 1.61. The lowest BCUT2D eigenvalue weighted by molar-refractivity contribution is 0.596. The highest BCUT2D eigenvalue weighted by Crippen LogP contribution is 2.22. The van der Waals surface area contributed by atoms with Crippen LogP contribution in [0.15, 0.2) is 68.8 Å². The van der Waals surface area contributed by atoms with Crippen LogP contribution < -0.4 is 5.43 Å². The third-order valence-electron chi connectivity index (χ3n) is 3.31. The minimum atomic E-state index is -3.56. The van der Waals surface area contributed by atoms with Crippen molar-refractivity contribution < 1.29 is 8.42 Å². The fraction of sp³-hybridized carbons (Fsp3) is 0.0588. The number of anilines is 1. The summed E-state index contributed by atoms with van der Waals surface area (Å²) < 4.78 is 25.1. The van der Waals surface area contributed by atoms with Crippen LogP contribution in [-0.4, -0.2) is 19.6 Å². The summed E-state index contributed by atoms with van der Waals surface area (Å²) in [6.45, 7) is 1.91. The molecule has 0 aliphatic heterocycles. The number of hydrogen-bond acceptors (Lipinski definition) is 6. The van der Waals surface area contributed by atoms with E-state index in [1.54, 1.807) is 42.6 Å². The van der Waals surface area contributed by atoms with Crippen molar-refractivity contribution in [3.8, 4) is 0 Å². The van der Waals surface area contributed by atoms with Crippen LogP contribution in [0.5, 0.6) is 0 Å². The first-order chi connectivity index (χ1) is 11.9. The molecule has 5 nitrogen and oxygen atoms in total. The minimum absolute atomic E-state index is 0.208. The van der Waals surface area contributed by atoms with Crippen LogP contribution in [0.1, 0.15) is 11.3 Å². The molecule has 0 amide bonds. The van der Waals surface area contributed by atoms with Gasteiger partial charge in [0.15, 0.2) is 0 Å². The van der Waals surface area contributed by atoms with Gasteiger partial charge < -0.3 is 0 Å². The van der Waals surface area contributed by atoms with Crippen molar-refractivity contribution in [1.29, 1.82) is 0 Å². The molecule has 3 rings (SSSR count). The van der Waals surface area contributed by atoms with Gasteiger partial charge in [0, 0.05) is 10.4 Å². The van der Waals surface area contributed by atoms with Gasteiger partial charge in [-0.25, -0.2) is 13.4 Å².